The van der Waals surface area contributed by atoms with Gasteiger partial charge in [0.25, 0.3) is 0 Å². The average Bonchev–Trinajstić information content (AvgIpc) is 2.44. The molecule has 1 heterocycles. The van der Waals surface area contributed by atoms with Crippen LogP contribution in [0.3, 0.4) is 0 Å². The molecule has 0 aromatic carbocycles. The lowest BCUT2D eigenvalue weighted by Crippen LogP contribution is -2.29. The van der Waals surface area contributed by atoms with Crippen molar-refractivity contribution in [1.29, 1.82) is 0 Å². The molecule has 1 aromatic rings. The Hall–Kier alpha value is -1.16. The molecule has 0 amide bonds. The molecule has 0 saturated heterocycles. The first-order valence-electron chi connectivity index (χ1n) is 7.14. The maximum Gasteiger partial charge on any atom is 0.132 e. The molecule has 18 heavy (non-hydrogen) atoms. The van der Waals surface area contributed by atoms with Crippen LogP contribution in [0.1, 0.15) is 37.9 Å². The third-order valence-electron chi connectivity index (χ3n) is 3.74. The number of hydrogen-bond acceptors (Lipinski definition) is 4. The van der Waals surface area contributed by atoms with Crippen molar-refractivity contribution < 1.29 is 0 Å². The van der Waals surface area contributed by atoms with Crippen LogP contribution in [0.15, 0.2) is 6.33 Å². The van der Waals surface area contributed by atoms with Gasteiger partial charge < -0.3 is 10.2 Å². The third-order valence-corrected chi connectivity index (χ3v) is 3.74. The van der Waals surface area contributed by atoms with E-state index in [2.05, 4.69) is 34.0 Å². The maximum atomic E-state index is 4.40. The van der Waals surface area contributed by atoms with Crippen LogP contribution in [0, 0.1) is 0 Å². The topological polar surface area (TPSA) is 41.0 Å². The number of nitrogens with one attached hydrogen (secondary N) is 1. The first kappa shape index (κ1) is 13.3. The summed E-state index contributed by atoms with van der Waals surface area (Å²) in [5.41, 5.74) is 2.60. The van der Waals surface area contributed by atoms with Gasteiger partial charge in [0.1, 0.15) is 12.1 Å². The van der Waals surface area contributed by atoms with Crippen molar-refractivity contribution in [3.63, 3.8) is 0 Å². The van der Waals surface area contributed by atoms with Crippen molar-refractivity contribution >= 4 is 5.82 Å². The molecule has 1 aliphatic rings. The molecule has 100 valence electrons. The van der Waals surface area contributed by atoms with Crippen molar-refractivity contribution in [3.8, 4) is 0 Å². The lowest BCUT2D eigenvalue weighted by atomic mass is 9.96. The summed E-state index contributed by atoms with van der Waals surface area (Å²) in [6, 6.07) is 0. The van der Waals surface area contributed by atoms with Gasteiger partial charge in [0, 0.05) is 24.3 Å². The second kappa shape index (κ2) is 6.69. The molecule has 1 N–H and O–H groups in total. The second-order valence-electron chi connectivity index (χ2n) is 4.81. The molecule has 1 aliphatic carbocycles. The highest BCUT2D eigenvalue weighted by atomic mass is 15.1. The van der Waals surface area contributed by atoms with Crippen LogP contribution < -0.4 is 5.32 Å². The largest absolute Gasteiger partial charge is 0.368 e. The van der Waals surface area contributed by atoms with Gasteiger partial charge in [0.05, 0.1) is 0 Å². The quantitative estimate of drug-likeness (QED) is 0.837. The Balaban J connectivity index is 1.93. The minimum absolute atomic E-state index is 0.963. The summed E-state index contributed by atoms with van der Waals surface area (Å²) in [7, 11) is 0. The van der Waals surface area contributed by atoms with Gasteiger partial charge in [-0.2, -0.15) is 0 Å². The molecule has 0 aliphatic heterocycles. The van der Waals surface area contributed by atoms with Gasteiger partial charge in [-0.25, -0.2) is 9.97 Å². The number of aromatic nitrogens is 2. The number of hydrogen-bond donors (Lipinski definition) is 1. The first-order chi connectivity index (χ1) is 8.85. The number of likely N-dealkylation sites (N-methyl/N-ethyl adjacent to an activating group) is 1. The molecule has 1 aromatic heterocycles. The Morgan fingerprint density at radius 3 is 2.72 bits per heavy atom. The van der Waals surface area contributed by atoms with E-state index in [0.717, 1.165) is 44.8 Å². The van der Waals surface area contributed by atoms with Crippen LogP contribution >= 0.6 is 0 Å². The lowest BCUT2D eigenvalue weighted by Gasteiger charge is -2.21. The van der Waals surface area contributed by atoms with Crippen LogP contribution in [0.4, 0.5) is 5.82 Å². The van der Waals surface area contributed by atoms with Crippen molar-refractivity contribution in [2.75, 3.05) is 31.5 Å². The summed E-state index contributed by atoms with van der Waals surface area (Å²) in [6.45, 7) is 8.67. The minimum atomic E-state index is 0.963. The van der Waals surface area contributed by atoms with E-state index in [4.69, 9.17) is 0 Å². The van der Waals surface area contributed by atoms with Crippen LogP contribution in [0.5, 0.6) is 0 Å². The van der Waals surface area contributed by atoms with Crippen molar-refractivity contribution in [2.24, 2.45) is 0 Å². The summed E-state index contributed by atoms with van der Waals surface area (Å²) in [5.74, 6) is 1.06. The monoisotopic (exact) mass is 248 g/mol. The second-order valence-corrected chi connectivity index (χ2v) is 4.81. The Kier molecular flexibility index (Phi) is 4.93. The molecular formula is C14H24N4. The van der Waals surface area contributed by atoms with Gasteiger partial charge >= 0.3 is 0 Å². The van der Waals surface area contributed by atoms with E-state index in [-0.39, 0.29) is 0 Å². The zero-order valence-corrected chi connectivity index (χ0v) is 11.6. The van der Waals surface area contributed by atoms with Crippen LogP contribution in [0.25, 0.3) is 0 Å². The fourth-order valence-electron chi connectivity index (χ4n) is 2.55. The van der Waals surface area contributed by atoms with Crippen LogP contribution in [-0.4, -0.2) is 41.0 Å². The van der Waals surface area contributed by atoms with Crippen LogP contribution in [-0.2, 0) is 12.8 Å². The Morgan fingerprint density at radius 1 is 1.17 bits per heavy atom. The smallest absolute Gasteiger partial charge is 0.132 e. The summed E-state index contributed by atoms with van der Waals surface area (Å²) in [6.07, 6.45) is 6.48. The average molecular weight is 248 g/mol. The fourth-order valence-corrected chi connectivity index (χ4v) is 2.55. The van der Waals surface area contributed by atoms with Gasteiger partial charge in [-0.15, -0.1) is 0 Å². The molecule has 0 spiro atoms. The maximum absolute atomic E-state index is 4.40. The highest BCUT2D eigenvalue weighted by Crippen LogP contribution is 2.23. The number of fused-ring (bicyclic) bond motifs is 1. The van der Waals surface area contributed by atoms with E-state index in [1.54, 1.807) is 6.33 Å². The third kappa shape index (κ3) is 3.19. The minimum Gasteiger partial charge on any atom is -0.368 e. The van der Waals surface area contributed by atoms with E-state index in [0.29, 0.717) is 0 Å². The first-order valence-corrected chi connectivity index (χ1v) is 7.14. The normalized spacial score (nSPS) is 14.6. The van der Waals surface area contributed by atoms with E-state index in [9.17, 15) is 0 Å². The predicted molar refractivity (Wildman–Crippen MR) is 75.0 cm³/mol. The fraction of sp³-hybridized carbons (Fsp3) is 0.714. The highest BCUT2D eigenvalue weighted by Gasteiger charge is 2.14. The molecule has 4 heteroatoms. The van der Waals surface area contributed by atoms with Gasteiger partial charge in [-0.05, 0) is 38.8 Å². The van der Waals surface area contributed by atoms with E-state index >= 15 is 0 Å². The number of aryl methyl sites for hydroxylation is 1. The Bertz CT molecular complexity index is 374. The van der Waals surface area contributed by atoms with Crippen molar-refractivity contribution in [1.82, 2.24) is 14.9 Å². The van der Waals surface area contributed by atoms with Gasteiger partial charge in [-0.3, -0.25) is 0 Å². The Labute approximate surface area is 110 Å². The van der Waals surface area contributed by atoms with Crippen molar-refractivity contribution in [2.45, 2.75) is 39.5 Å². The van der Waals surface area contributed by atoms with Gasteiger partial charge in [-0.1, -0.05) is 13.8 Å². The zero-order valence-electron chi connectivity index (χ0n) is 11.6. The summed E-state index contributed by atoms with van der Waals surface area (Å²) in [4.78, 5) is 11.2. The Morgan fingerprint density at radius 2 is 1.94 bits per heavy atom. The summed E-state index contributed by atoms with van der Waals surface area (Å²) in [5, 5.41) is 3.48. The molecule has 0 radical (unpaired) electrons. The molecule has 0 atom stereocenters. The molecule has 4 nitrogen and oxygen atoms in total. The molecule has 0 saturated carbocycles. The number of rotatable bonds is 6. The van der Waals surface area contributed by atoms with E-state index in [1.807, 2.05) is 0 Å². The molecule has 0 fully saturated rings. The van der Waals surface area contributed by atoms with E-state index in [1.165, 1.54) is 24.1 Å². The predicted octanol–water partition coefficient (Wildman–Crippen LogP) is 2.11. The zero-order chi connectivity index (χ0) is 12.8. The SMILES string of the molecule is CCN(CC)CCNc1ncnc2c1CCCC2. The molecule has 0 unspecified atom stereocenters. The highest BCUT2D eigenvalue weighted by molar-refractivity contribution is 5.46. The number of anilines is 1. The molecular weight excluding hydrogens is 224 g/mol. The summed E-state index contributed by atoms with van der Waals surface area (Å²) >= 11 is 0. The molecule has 2 rings (SSSR count). The lowest BCUT2D eigenvalue weighted by molar-refractivity contribution is 0.316. The van der Waals surface area contributed by atoms with E-state index < -0.39 is 0 Å². The summed E-state index contributed by atoms with van der Waals surface area (Å²) < 4.78 is 0. The van der Waals surface area contributed by atoms with Gasteiger partial charge in [0.15, 0.2) is 0 Å². The van der Waals surface area contributed by atoms with Gasteiger partial charge in [0.2, 0.25) is 0 Å². The standard InChI is InChI=1S/C14H24N4/c1-3-18(4-2)10-9-15-14-12-7-5-6-8-13(12)16-11-17-14/h11H,3-10H2,1-2H3,(H,15,16,17). The molecule has 0 bridgehead atoms. The van der Waals surface area contributed by atoms with Crippen molar-refractivity contribution in [3.05, 3.63) is 17.6 Å². The number of nitrogens with zero attached hydrogens (tertiary/aromatic N) is 3. The van der Waals surface area contributed by atoms with Crippen LogP contribution in [0.2, 0.25) is 0 Å².